The van der Waals surface area contributed by atoms with Crippen LogP contribution in [0.15, 0.2) is 83.9 Å². The van der Waals surface area contributed by atoms with E-state index in [4.69, 9.17) is 0 Å². The molecule has 0 aliphatic rings. The fourth-order valence-corrected chi connectivity index (χ4v) is 4.30. The minimum Gasteiger partial charge on any atom is -0.325 e. The van der Waals surface area contributed by atoms with Crippen LogP contribution >= 0.6 is 0 Å². The second kappa shape index (κ2) is 9.02. The number of carbonyl (C=O) groups is 2. The number of hydrogen-bond acceptors (Lipinski definition) is 4. The van der Waals surface area contributed by atoms with Crippen molar-refractivity contribution in [1.82, 2.24) is 14.1 Å². The van der Waals surface area contributed by atoms with E-state index in [1.165, 1.54) is 6.92 Å². The molecule has 1 N–H and O–H groups in total. The standard InChI is InChI=1S/C28H24N4O3/c1-18-8-13-24-23(14-18)26-27(28(35)31(17-29-26)15-20-6-4-3-5-7-20)32(24)16-25(34)30-22-11-9-21(10-12-22)19(2)33/h3-14,17H,15-16H2,1-2H3,(H,30,34). The van der Waals surface area contributed by atoms with Crippen molar-refractivity contribution in [3.05, 3.63) is 106 Å². The summed E-state index contributed by atoms with van der Waals surface area (Å²) in [4.78, 5) is 42.7. The third-order valence-electron chi connectivity index (χ3n) is 6.05. The molecule has 2 heterocycles. The van der Waals surface area contributed by atoms with E-state index >= 15 is 0 Å². The zero-order valence-corrected chi connectivity index (χ0v) is 19.5. The summed E-state index contributed by atoms with van der Waals surface area (Å²) < 4.78 is 3.30. The van der Waals surface area contributed by atoms with E-state index in [9.17, 15) is 14.4 Å². The van der Waals surface area contributed by atoms with Gasteiger partial charge in [0.15, 0.2) is 5.78 Å². The fourth-order valence-electron chi connectivity index (χ4n) is 4.30. The first-order chi connectivity index (χ1) is 16.9. The molecule has 0 atom stereocenters. The van der Waals surface area contributed by atoms with Gasteiger partial charge in [-0.1, -0.05) is 42.0 Å². The highest BCUT2D eigenvalue weighted by atomic mass is 16.2. The molecule has 174 valence electrons. The smallest absolute Gasteiger partial charge is 0.278 e. The summed E-state index contributed by atoms with van der Waals surface area (Å²) in [6, 6.07) is 22.3. The zero-order chi connectivity index (χ0) is 24.5. The lowest BCUT2D eigenvalue weighted by molar-refractivity contribution is -0.116. The van der Waals surface area contributed by atoms with Crippen LogP contribution in [-0.2, 0) is 17.9 Å². The summed E-state index contributed by atoms with van der Waals surface area (Å²) >= 11 is 0. The molecule has 0 saturated heterocycles. The average Bonchev–Trinajstić information content (AvgIpc) is 3.15. The predicted molar refractivity (Wildman–Crippen MR) is 137 cm³/mol. The number of rotatable bonds is 6. The number of hydrogen-bond donors (Lipinski definition) is 1. The van der Waals surface area contributed by atoms with Gasteiger partial charge in [-0.2, -0.15) is 0 Å². The van der Waals surface area contributed by atoms with Gasteiger partial charge < -0.3 is 9.88 Å². The van der Waals surface area contributed by atoms with E-state index in [-0.39, 0.29) is 23.8 Å². The van der Waals surface area contributed by atoms with E-state index in [0.717, 1.165) is 22.0 Å². The van der Waals surface area contributed by atoms with Crippen LogP contribution in [0, 0.1) is 6.92 Å². The monoisotopic (exact) mass is 464 g/mol. The van der Waals surface area contributed by atoms with Gasteiger partial charge in [0.2, 0.25) is 5.91 Å². The molecule has 2 aromatic heterocycles. The molecule has 0 aliphatic heterocycles. The van der Waals surface area contributed by atoms with Crippen LogP contribution in [0.2, 0.25) is 0 Å². The minimum absolute atomic E-state index is 0.0391. The van der Waals surface area contributed by atoms with Crippen LogP contribution in [0.25, 0.3) is 21.9 Å². The maximum atomic E-state index is 13.6. The van der Waals surface area contributed by atoms with E-state index < -0.39 is 0 Å². The van der Waals surface area contributed by atoms with Crippen LogP contribution in [0.3, 0.4) is 0 Å². The molecule has 5 aromatic rings. The number of ketones is 1. The minimum atomic E-state index is -0.280. The van der Waals surface area contributed by atoms with Gasteiger partial charge in [-0.25, -0.2) is 4.98 Å². The Kier molecular flexibility index (Phi) is 5.74. The quantitative estimate of drug-likeness (QED) is 0.374. The van der Waals surface area contributed by atoms with Gasteiger partial charge in [0.1, 0.15) is 17.6 Å². The summed E-state index contributed by atoms with van der Waals surface area (Å²) in [5, 5.41) is 3.70. The molecule has 1 amide bonds. The van der Waals surface area contributed by atoms with Gasteiger partial charge >= 0.3 is 0 Å². The van der Waals surface area contributed by atoms with Crippen LogP contribution in [0.5, 0.6) is 0 Å². The van der Waals surface area contributed by atoms with Crippen LogP contribution in [0.1, 0.15) is 28.4 Å². The van der Waals surface area contributed by atoms with E-state index in [0.29, 0.717) is 28.8 Å². The lowest BCUT2D eigenvalue weighted by atomic mass is 10.1. The van der Waals surface area contributed by atoms with Crippen molar-refractivity contribution in [3.8, 4) is 0 Å². The van der Waals surface area contributed by atoms with E-state index in [2.05, 4.69) is 10.3 Å². The van der Waals surface area contributed by atoms with Crippen molar-refractivity contribution in [2.75, 3.05) is 5.32 Å². The Morgan fingerprint density at radius 2 is 1.71 bits per heavy atom. The third-order valence-corrected chi connectivity index (χ3v) is 6.05. The van der Waals surface area contributed by atoms with Gasteiger partial charge in [0, 0.05) is 16.6 Å². The number of aryl methyl sites for hydroxylation is 1. The Labute approximate surface area is 201 Å². The Morgan fingerprint density at radius 3 is 2.43 bits per heavy atom. The summed E-state index contributed by atoms with van der Waals surface area (Å²) in [6.45, 7) is 3.81. The predicted octanol–water partition coefficient (Wildman–Crippen LogP) is 4.55. The molecule has 0 aliphatic carbocycles. The summed E-state index contributed by atoms with van der Waals surface area (Å²) in [5.41, 5.74) is 4.73. The van der Waals surface area contributed by atoms with Gasteiger partial charge in [0.05, 0.1) is 18.4 Å². The molecule has 7 heteroatoms. The average molecular weight is 465 g/mol. The highest BCUT2D eigenvalue weighted by Gasteiger charge is 2.19. The molecule has 35 heavy (non-hydrogen) atoms. The zero-order valence-electron chi connectivity index (χ0n) is 19.5. The number of amides is 1. The number of Topliss-reactive ketones (excluding diaryl/α,β-unsaturated/α-hetero) is 1. The van der Waals surface area contributed by atoms with Crippen molar-refractivity contribution < 1.29 is 9.59 Å². The number of fused-ring (bicyclic) bond motifs is 3. The van der Waals surface area contributed by atoms with E-state index in [1.807, 2.05) is 55.5 Å². The van der Waals surface area contributed by atoms with E-state index in [1.54, 1.807) is 39.7 Å². The Morgan fingerprint density at radius 1 is 0.971 bits per heavy atom. The molecule has 7 nitrogen and oxygen atoms in total. The summed E-state index contributed by atoms with van der Waals surface area (Å²) in [6.07, 6.45) is 1.57. The molecule has 0 fully saturated rings. The van der Waals surface area contributed by atoms with Crippen LogP contribution in [-0.4, -0.2) is 25.8 Å². The van der Waals surface area contributed by atoms with Crippen molar-refractivity contribution in [2.24, 2.45) is 0 Å². The highest BCUT2D eigenvalue weighted by molar-refractivity contribution is 6.07. The molecule has 0 unspecified atom stereocenters. The van der Waals surface area contributed by atoms with Crippen molar-refractivity contribution in [1.29, 1.82) is 0 Å². The van der Waals surface area contributed by atoms with Crippen molar-refractivity contribution in [3.63, 3.8) is 0 Å². The van der Waals surface area contributed by atoms with Crippen molar-refractivity contribution in [2.45, 2.75) is 26.9 Å². The second-order valence-electron chi connectivity index (χ2n) is 8.65. The van der Waals surface area contributed by atoms with Gasteiger partial charge in [-0.15, -0.1) is 0 Å². The number of carbonyl (C=O) groups excluding carboxylic acids is 2. The normalized spacial score (nSPS) is 11.1. The maximum absolute atomic E-state index is 13.6. The van der Waals surface area contributed by atoms with Gasteiger partial charge in [-0.05, 0) is 55.8 Å². The molecule has 3 aromatic carbocycles. The number of benzene rings is 3. The lowest BCUT2D eigenvalue weighted by Crippen LogP contribution is -2.25. The van der Waals surface area contributed by atoms with Crippen LogP contribution in [0.4, 0.5) is 5.69 Å². The lowest BCUT2D eigenvalue weighted by Gasteiger charge is -2.10. The Bertz CT molecular complexity index is 1630. The van der Waals surface area contributed by atoms with Gasteiger partial charge in [-0.3, -0.25) is 19.0 Å². The molecular weight excluding hydrogens is 440 g/mol. The molecular formula is C28H24N4O3. The third kappa shape index (κ3) is 4.36. The first-order valence-electron chi connectivity index (χ1n) is 11.3. The number of nitrogens with zero attached hydrogens (tertiary/aromatic N) is 3. The molecule has 0 bridgehead atoms. The largest absolute Gasteiger partial charge is 0.325 e. The number of aromatic nitrogens is 3. The number of nitrogens with one attached hydrogen (secondary N) is 1. The summed E-state index contributed by atoms with van der Waals surface area (Å²) in [5.74, 6) is -0.319. The van der Waals surface area contributed by atoms with Crippen LogP contribution < -0.4 is 10.9 Å². The first-order valence-corrected chi connectivity index (χ1v) is 11.3. The Balaban J connectivity index is 1.55. The Hall–Kier alpha value is -4.52. The SMILES string of the molecule is CC(=O)c1ccc(NC(=O)Cn2c3ccc(C)cc3c3ncn(Cc4ccccc4)c(=O)c32)cc1. The van der Waals surface area contributed by atoms with Crippen molar-refractivity contribution >= 4 is 39.3 Å². The molecule has 5 rings (SSSR count). The number of anilines is 1. The maximum Gasteiger partial charge on any atom is 0.278 e. The first kappa shape index (κ1) is 22.3. The topological polar surface area (TPSA) is 86.0 Å². The highest BCUT2D eigenvalue weighted by Crippen LogP contribution is 2.26. The van der Waals surface area contributed by atoms with Gasteiger partial charge in [0.25, 0.3) is 5.56 Å². The molecule has 0 saturated carbocycles. The summed E-state index contributed by atoms with van der Waals surface area (Å²) in [7, 11) is 0. The molecule has 0 radical (unpaired) electrons. The molecule has 0 spiro atoms. The second-order valence-corrected chi connectivity index (χ2v) is 8.65. The fraction of sp³-hybridized carbons (Fsp3) is 0.143.